The van der Waals surface area contributed by atoms with Crippen LogP contribution in [0.1, 0.15) is 24.0 Å². The zero-order valence-electron chi connectivity index (χ0n) is 16.1. The quantitative estimate of drug-likeness (QED) is 0.253. The van der Waals surface area contributed by atoms with Crippen LogP contribution in [-0.2, 0) is 31.9 Å². The zero-order valence-corrected chi connectivity index (χ0v) is 16.1. The lowest BCUT2D eigenvalue weighted by atomic mass is 10.1. The second kappa shape index (κ2) is 13.5. The zero-order chi connectivity index (χ0) is 19.9. The van der Waals surface area contributed by atoms with Gasteiger partial charge < -0.3 is 9.47 Å². The number of rotatable bonds is 12. The van der Waals surface area contributed by atoms with E-state index in [2.05, 4.69) is 34.9 Å². The molecule has 0 radical (unpaired) electrons. The first kappa shape index (κ1) is 21.6. The SMILES string of the molecule is O=C(OCNCCCc1ccccc1)C(=O)OCNCCCc1ccccc1. The first-order valence-corrected chi connectivity index (χ1v) is 9.59. The summed E-state index contributed by atoms with van der Waals surface area (Å²) in [5, 5.41) is 5.95. The third kappa shape index (κ3) is 9.30. The molecule has 0 aliphatic rings. The van der Waals surface area contributed by atoms with E-state index in [1.165, 1.54) is 11.1 Å². The van der Waals surface area contributed by atoms with Gasteiger partial charge in [-0.15, -0.1) is 0 Å². The van der Waals surface area contributed by atoms with E-state index in [1.807, 2.05) is 36.4 Å². The Morgan fingerprint density at radius 1 is 0.643 bits per heavy atom. The lowest BCUT2D eigenvalue weighted by Crippen LogP contribution is -2.30. The Morgan fingerprint density at radius 3 is 1.43 bits per heavy atom. The summed E-state index contributed by atoms with van der Waals surface area (Å²) < 4.78 is 9.68. The van der Waals surface area contributed by atoms with Crippen molar-refractivity contribution in [2.45, 2.75) is 25.7 Å². The number of carbonyl (C=O) groups excluding carboxylic acids is 2. The maximum absolute atomic E-state index is 11.5. The van der Waals surface area contributed by atoms with E-state index in [0.29, 0.717) is 13.1 Å². The highest BCUT2D eigenvalue weighted by Crippen LogP contribution is 2.02. The molecule has 28 heavy (non-hydrogen) atoms. The maximum Gasteiger partial charge on any atom is 0.418 e. The molecular formula is C22H28N2O4. The maximum atomic E-state index is 11.5. The van der Waals surface area contributed by atoms with Crippen LogP contribution in [0.15, 0.2) is 60.7 Å². The molecule has 0 atom stereocenters. The molecule has 0 saturated heterocycles. The van der Waals surface area contributed by atoms with Crippen LogP contribution in [0, 0.1) is 0 Å². The Morgan fingerprint density at radius 2 is 1.04 bits per heavy atom. The minimum Gasteiger partial charge on any atom is -0.441 e. The molecule has 0 aliphatic carbocycles. The summed E-state index contributed by atoms with van der Waals surface area (Å²) in [4.78, 5) is 23.1. The van der Waals surface area contributed by atoms with Crippen LogP contribution in [0.25, 0.3) is 0 Å². The van der Waals surface area contributed by atoms with Gasteiger partial charge in [0.2, 0.25) is 0 Å². The van der Waals surface area contributed by atoms with Crippen molar-refractivity contribution < 1.29 is 19.1 Å². The Kier molecular flexibility index (Phi) is 10.4. The van der Waals surface area contributed by atoms with Crippen molar-refractivity contribution in [1.82, 2.24) is 10.6 Å². The minimum absolute atomic E-state index is 0.00672. The number of esters is 2. The van der Waals surface area contributed by atoms with Crippen LogP contribution in [0.4, 0.5) is 0 Å². The second-order valence-electron chi connectivity index (χ2n) is 6.33. The van der Waals surface area contributed by atoms with Gasteiger partial charge in [0.1, 0.15) is 13.5 Å². The molecule has 0 spiro atoms. The Hall–Kier alpha value is -2.70. The van der Waals surface area contributed by atoms with Gasteiger partial charge in [-0.05, 0) is 49.9 Å². The number of benzene rings is 2. The van der Waals surface area contributed by atoms with Crippen molar-refractivity contribution in [1.29, 1.82) is 0 Å². The molecule has 0 unspecified atom stereocenters. The van der Waals surface area contributed by atoms with E-state index in [9.17, 15) is 9.59 Å². The Balaban J connectivity index is 1.42. The van der Waals surface area contributed by atoms with Crippen molar-refractivity contribution in [3.8, 4) is 0 Å². The first-order valence-electron chi connectivity index (χ1n) is 9.59. The van der Waals surface area contributed by atoms with Gasteiger partial charge in [-0.2, -0.15) is 0 Å². The highest BCUT2D eigenvalue weighted by molar-refractivity contribution is 6.29. The van der Waals surface area contributed by atoms with Crippen LogP contribution >= 0.6 is 0 Å². The fourth-order valence-electron chi connectivity index (χ4n) is 2.62. The van der Waals surface area contributed by atoms with Crippen molar-refractivity contribution >= 4 is 11.9 Å². The van der Waals surface area contributed by atoms with E-state index < -0.39 is 11.9 Å². The van der Waals surface area contributed by atoms with E-state index in [1.54, 1.807) is 0 Å². The molecule has 6 nitrogen and oxygen atoms in total. The fourth-order valence-corrected chi connectivity index (χ4v) is 2.62. The van der Waals surface area contributed by atoms with Crippen molar-refractivity contribution in [2.75, 3.05) is 26.6 Å². The highest BCUT2D eigenvalue weighted by atomic mass is 16.6. The molecule has 2 aromatic rings. The van der Waals surface area contributed by atoms with Gasteiger partial charge in [0.25, 0.3) is 0 Å². The summed E-state index contributed by atoms with van der Waals surface area (Å²) in [6.45, 7) is 1.38. The van der Waals surface area contributed by atoms with Gasteiger partial charge in [0, 0.05) is 0 Å². The molecular weight excluding hydrogens is 356 g/mol. The fraction of sp³-hybridized carbons (Fsp3) is 0.364. The predicted octanol–water partition coefficient (Wildman–Crippen LogP) is 2.43. The smallest absolute Gasteiger partial charge is 0.418 e. The normalized spacial score (nSPS) is 10.4. The summed E-state index contributed by atoms with van der Waals surface area (Å²) >= 11 is 0. The number of nitrogens with one attached hydrogen (secondary N) is 2. The predicted molar refractivity (Wildman–Crippen MR) is 107 cm³/mol. The van der Waals surface area contributed by atoms with Crippen molar-refractivity contribution in [3.05, 3.63) is 71.8 Å². The van der Waals surface area contributed by atoms with E-state index in [-0.39, 0.29) is 13.5 Å². The Bertz CT molecular complexity index is 631. The minimum atomic E-state index is -0.985. The third-order valence-corrected chi connectivity index (χ3v) is 4.10. The molecule has 0 amide bonds. The second-order valence-corrected chi connectivity index (χ2v) is 6.33. The average Bonchev–Trinajstić information content (AvgIpc) is 2.74. The lowest BCUT2D eigenvalue weighted by molar-refractivity contribution is -0.168. The van der Waals surface area contributed by atoms with Gasteiger partial charge in [-0.25, -0.2) is 9.59 Å². The number of carbonyl (C=O) groups is 2. The van der Waals surface area contributed by atoms with Crippen molar-refractivity contribution in [3.63, 3.8) is 0 Å². The van der Waals surface area contributed by atoms with Gasteiger partial charge in [0.05, 0.1) is 0 Å². The number of ether oxygens (including phenoxy) is 2. The molecule has 0 aromatic heterocycles. The molecule has 2 aromatic carbocycles. The van der Waals surface area contributed by atoms with Crippen molar-refractivity contribution in [2.24, 2.45) is 0 Å². The molecule has 150 valence electrons. The van der Waals surface area contributed by atoms with Gasteiger partial charge in [0.15, 0.2) is 0 Å². The van der Waals surface area contributed by atoms with Gasteiger partial charge in [-0.1, -0.05) is 60.7 Å². The van der Waals surface area contributed by atoms with Crippen LogP contribution in [0.5, 0.6) is 0 Å². The van der Waals surface area contributed by atoms with Crippen LogP contribution in [0.3, 0.4) is 0 Å². The van der Waals surface area contributed by atoms with Crippen LogP contribution in [0.2, 0.25) is 0 Å². The summed E-state index contributed by atoms with van der Waals surface area (Å²) in [5.74, 6) is -1.97. The summed E-state index contributed by atoms with van der Waals surface area (Å²) in [7, 11) is 0. The van der Waals surface area contributed by atoms with E-state index in [4.69, 9.17) is 9.47 Å². The van der Waals surface area contributed by atoms with Gasteiger partial charge >= 0.3 is 11.9 Å². The first-order chi connectivity index (χ1) is 13.8. The molecule has 2 rings (SSSR count). The number of aryl methyl sites for hydroxylation is 2. The van der Waals surface area contributed by atoms with Gasteiger partial charge in [-0.3, -0.25) is 10.6 Å². The standard InChI is InChI=1S/C22H28N2O4/c25-21(27-17-23-15-7-13-19-9-3-1-4-10-19)22(26)28-18-24-16-8-14-20-11-5-2-6-12-20/h1-6,9-12,23-24H,7-8,13-18H2. The lowest BCUT2D eigenvalue weighted by Gasteiger charge is -2.08. The molecule has 2 N–H and O–H groups in total. The summed E-state index contributed by atoms with van der Waals surface area (Å²) in [6, 6.07) is 20.3. The largest absolute Gasteiger partial charge is 0.441 e. The monoisotopic (exact) mass is 384 g/mol. The molecule has 0 heterocycles. The van der Waals surface area contributed by atoms with E-state index >= 15 is 0 Å². The van der Waals surface area contributed by atoms with Crippen LogP contribution in [-0.4, -0.2) is 38.5 Å². The molecule has 6 heteroatoms. The van der Waals surface area contributed by atoms with E-state index in [0.717, 1.165) is 25.7 Å². The number of hydrogen-bond acceptors (Lipinski definition) is 6. The molecule has 0 fully saturated rings. The molecule has 0 saturated carbocycles. The number of hydrogen-bond donors (Lipinski definition) is 2. The average molecular weight is 384 g/mol. The van der Waals surface area contributed by atoms with Crippen LogP contribution < -0.4 is 10.6 Å². The molecule has 0 aliphatic heterocycles. The topological polar surface area (TPSA) is 76.7 Å². The summed E-state index contributed by atoms with van der Waals surface area (Å²) in [5.41, 5.74) is 2.53. The molecule has 0 bridgehead atoms. The Labute approximate surface area is 166 Å². The summed E-state index contributed by atoms with van der Waals surface area (Å²) in [6.07, 6.45) is 3.72. The third-order valence-electron chi connectivity index (χ3n) is 4.10. The highest BCUT2D eigenvalue weighted by Gasteiger charge is 2.16.